The molecule has 0 aliphatic carbocycles. The number of fused-ring (bicyclic) bond motifs is 1. The fourth-order valence-electron chi connectivity index (χ4n) is 2.58. The van der Waals surface area contributed by atoms with Crippen LogP contribution in [0.25, 0.3) is 16.2 Å². The van der Waals surface area contributed by atoms with Crippen LogP contribution in [0, 0.1) is 5.82 Å². The molecule has 0 fully saturated rings. The quantitative estimate of drug-likeness (QED) is 0.601. The van der Waals surface area contributed by atoms with Gasteiger partial charge >= 0.3 is 0 Å². The Labute approximate surface area is 147 Å². The largest absolute Gasteiger partial charge is 0.347 e. The van der Waals surface area contributed by atoms with Crippen molar-refractivity contribution in [1.29, 1.82) is 0 Å². The van der Waals surface area contributed by atoms with Crippen LogP contribution in [0.4, 0.5) is 4.39 Å². The zero-order chi connectivity index (χ0) is 17.2. The first-order valence-electron chi connectivity index (χ1n) is 7.75. The van der Waals surface area contributed by atoms with E-state index in [0.717, 1.165) is 16.1 Å². The van der Waals surface area contributed by atoms with Gasteiger partial charge in [-0.15, -0.1) is 11.3 Å². The van der Waals surface area contributed by atoms with Crippen molar-refractivity contribution in [2.75, 3.05) is 0 Å². The van der Waals surface area contributed by atoms with E-state index in [2.05, 4.69) is 10.3 Å². The van der Waals surface area contributed by atoms with E-state index < -0.39 is 0 Å². The van der Waals surface area contributed by atoms with Crippen molar-refractivity contribution in [2.45, 2.75) is 6.54 Å². The van der Waals surface area contributed by atoms with Gasteiger partial charge in [0.25, 0.3) is 5.91 Å². The van der Waals surface area contributed by atoms with Crippen LogP contribution < -0.4 is 5.32 Å². The standard InChI is InChI=1S/C19H14FN3OS/c20-15-8-6-14(7-9-15)16-11-23-17(12-25-19(23)22-16)18(24)21-10-13-4-2-1-3-5-13/h1-9,11-12H,10H2,(H,21,24). The fourth-order valence-corrected chi connectivity index (χ4v) is 3.43. The minimum Gasteiger partial charge on any atom is -0.347 e. The number of benzene rings is 2. The van der Waals surface area contributed by atoms with Crippen molar-refractivity contribution in [3.05, 3.63) is 83.2 Å². The molecule has 2 heterocycles. The first kappa shape index (κ1) is 15.5. The Morgan fingerprint density at radius 2 is 1.88 bits per heavy atom. The van der Waals surface area contributed by atoms with Crippen molar-refractivity contribution in [2.24, 2.45) is 0 Å². The number of imidazole rings is 1. The lowest BCUT2D eigenvalue weighted by Crippen LogP contribution is -2.23. The smallest absolute Gasteiger partial charge is 0.269 e. The summed E-state index contributed by atoms with van der Waals surface area (Å²) in [6.45, 7) is 0.469. The van der Waals surface area contributed by atoms with Gasteiger partial charge in [0.15, 0.2) is 4.96 Å². The van der Waals surface area contributed by atoms with Crippen LogP contribution in [0.2, 0.25) is 0 Å². The lowest BCUT2D eigenvalue weighted by molar-refractivity contribution is 0.0945. The highest BCUT2D eigenvalue weighted by Gasteiger charge is 2.15. The number of aromatic nitrogens is 2. The molecular formula is C19H14FN3OS. The van der Waals surface area contributed by atoms with E-state index in [1.165, 1.54) is 23.5 Å². The maximum atomic E-state index is 13.1. The predicted molar refractivity (Wildman–Crippen MR) is 96.1 cm³/mol. The van der Waals surface area contributed by atoms with Crippen molar-refractivity contribution in [3.8, 4) is 11.3 Å². The lowest BCUT2D eigenvalue weighted by atomic mass is 10.2. The second-order valence-corrected chi connectivity index (χ2v) is 6.41. The summed E-state index contributed by atoms with van der Waals surface area (Å²) in [6.07, 6.45) is 1.80. The van der Waals surface area contributed by atoms with Crippen molar-refractivity contribution in [1.82, 2.24) is 14.7 Å². The topological polar surface area (TPSA) is 46.4 Å². The van der Waals surface area contributed by atoms with Gasteiger partial charge in [-0.25, -0.2) is 9.37 Å². The molecule has 0 spiro atoms. The molecular weight excluding hydrogens is 337 g/mol. The molecule has 0 aliphatic rings. The van der Waals surface area contributed by atoms with Gasteiger partial charge in [0.2, 0.25) is 0 Å². The Morgan fingerprint density at radius 1 is 1.12 bits per heavy atom. The minimum absolute atomic E-state index is 0.154. The highest BCUT2D eigenvalue weighted by Crippen LogP contribution is 2.24. The maximum absolute atomic E-state index is 13.1. The van der Waals surface area contributed by atoms with Crippen LogP contribution in [0.5, 0.6) is 0 Å². The number of hydrogen-bond donors (Lipinski definition) is 1. The molecule has 4 aromatic rings. The minimum atomic E-state index is -0.286. The molecule has 0 saturated heterocycles. The second kappa shape index (κ2) is 6.49. The average Bonchev–Trinajstić information content (AvgIpc) is 3.22. The number of nitrogens with one attached hydrogen (secondary N) is 1. The molecule has 4 nitrogen and oxygen atoms in total. The Morgan fingerprint density at radius 3 is 2.64 bits per heavy atom. The first-order chi connectivity index (χ1) is 12.2. The van der Waals surface area contributed by atoms with E-state index in [1.807, 2.05) is 30.3 Å². The van der Waals surface area contributed by atoms with Crippen LogP contribution in [-0.2, 0) is 6.54 Å². The van der Waals surface area contributed by atoms with E-state index in [1.54, 1.807) is 28.1 Å². The van der Waals surface area contributed by atoms with E-state index >= 15 is 0 Å². The SMILES string of the molecule is O=C(NCc1ccccc1)c1csc2nc(-c3ccc(F)cc3)cn12. The van der Waals surface area contributed by atoms with Gasteiger partial charge in [0.1, 0.15) is 11.5 Å². The number of carbonyl (C=O) groups excluding carboxylic acids is 1. The van der Waals surface area contributed by atoms with Crippen molar-refractivity contribution in [3.63, 3.8) is 0 Å². The van der Waals surface area contributed by atoms with Crippen LogP contribution in [-0.4, -0.2) is 15.3 Å². The normalized spacial score (nSPS) is 10.9. The van der Waals surface area contributed by atoms with Gasteiger partial charge < -0.3 is 5.32 Å². The number of thiazole rings is 1. The highest BCUT2D eigenvalue weighted by molar-refractivity contribution is 7.15. The summed E-state index contributed by atoms with van der Waals surface area (Å²) in [5.74, 6) is -0.441. The summed E-state index contributed by atoms with van der Waals surface area (Å²) >= 11 is 1.40. The number of rotatable bonds is 4. The van der Waals surface area contributed by atoms with Crippen LogP contribution in [0.3, 0.4) is 0 Å². The molecule has 25 heavy (non-hydrogen) atoms. The molecule has 0 radical (unpaired) electrons. The van der Waals surface area contributed by atoms with Gasteiger partial charge in [0.05, 0.1) is 5.69 Å². The number of halogens is 1. The summed E-state index contributed by atoms with van der Waals surface area (Å²) in [5, 5.41) is 4.71. The van der Waals surface area contributed by atoms with Crippen LogP contribution in [0.15, 0.2) is 66.2 Å². The molecule has 6 heteroatoms. The molecule has 2 aromatic carbocycles. The number of nitrogens with zero attached hydrogens (tertiary/aromatic N) is 2. The maximum Gasteiger partial charge on any atom is 0.269 e. The number of carbonyl (C=O) groups is 1. The third kappa shape index (κ3) is 3.16. The molecule has 0 aliphatic heterocycles. The molecule has 1 N–H and O–H groups in total. The summed E-state index contributed by atoms with van der Waals surface area (Å²) in [5.41, 5.74) is 3.11. The third-order valence-electron chi connectivity index (χ3n) is 3.88. The molecule has 124 valence electrons. The molecule has 2 aromatic heterocycles. The molecule has 0 atom stereocenters. The van der Waals surface area contributed by atoms with E-state index in [9.17, 15) is 9.18 Å². The summed E-state index contributed by atoms with van der Waals surface area (Å²) in [7, 11) is 0. The molecule has 0 unspecified atom stereocenters. The van der Waals surface area contributed by atoms with Gasteiger partial charge in [0, 0.05) is 23.7 Å². The Hall–Kier alpha value is -2.99. The van der Waals surface area contributed by atoms with Crippen molar-refractivity contribution < 1.29 is 9.18 Å². The van der Waals surface area contributed by atoms with Gasteiger partial charge in [-0.1, -0.05) is 30.3 Å². The monoisotopic (exact) mass is 351 g/mol. The molecule has 1 amide bonds. The third-order valence-corrected chi connectivity index (χ3v) is 4.72. The Kier molecular flexibility index (Phi) is 4.03. The number of hydrogen-bond acceptors (Lipinski definition) is 3. The molecule has 0 saturated carbocycles. The van der Waals surface area contributed by atoms with Crippen LogP contribution in [0.1, 0.15) is 16.1 Å². The average molecular weight is 351 g/mol. The van der Waals surface area contributed by atoms with Gasteiger partial charge in [-0.05, 0) is 29.8 Å². The zero-order valence-electron chi connectivity index (χ0n) is 13.1. The summed E-state index contributed by atoms with van der Waals surface area (Å²) < 4.78 is 14.8. The van der Waals surface area contributed by atoms with Gasteiger partial charge in [-0.3, -0.25) is 9.20 Å². The fraction of sp³-hybridized carbons (Fsp3) is 0.0526. The summed E-state index contributed by atoms with van der Waals surface area (Å²) in [4.78, 5) is 17.7. The zero-order valence-corrected chi connectivity index (χ0v) is 14.0. The first-order valence-corrected chi connectivity index (χ1v) is 8.63. The van der Waals surface area contributed by atoms with Crippen molar-refractivity contribution >= 4 is 22.2 Å². The van der Waals surface area contributed by atoms with Gasteiger partial charge in [-0.2, -0.15) is 0 Å². The second-order valence-electron chi connectivity index (χ2n) is 5.57. The van der Waals surface area contributed by atoms with E-state index in [4.69, 9.17) is 0 Å². The molecule has 0 bridgehead atoms. The van der Waals surface area contributed by atoms with E-state index in [0.29, 0.717) is 17.9 Å². The Bertz CT molecular complexity index is 1020. The van der Waals surface area contributed by atoms with Crippen LogP contribution >= 0.6 is 11.3 Å². The molecule has 4 rings (SSSR count). The highest BCUT2D eigenvalue weighted by atomic mass is 32.1. The lowest BCUT2D eigenvalue weighted by Gasteiger charge is -2.04. The predicted octanol–water partition coefficient (Wildman–Crippen LogP) is 4.13. The van der Waals surface area contributed by atoms with E-state index in [-0.39, 0.29) is 11.7 Å². The Balaban J connectivity index is 1.57. The number of amides is 1. The summed E-state index contributed by atoms with van der Waals surface area (Å²) in [6, 6.07) is 15.9.